The normalized spacial score (nSPS) is 19.4. The van der Waals surface area contributed by atoms with Crippen molar-refractivity contribution < 1.29 is 9.90 Å². The number of piperidine rings is 1. The van der Waals surface area contributed by atoms with Crippen LogP contribution in [0, 0.1) is 0 Å². The fourth-order valence-corrected chi connectivity index (χ4v) is 5.86. The summed E-state index contributed by atoms with van der Waals surface area (Å²) >= 11 is 6.52. The Labute approximate surface area is 216 Å². The van der Waals surface area contributed by atoms with Crippen molar-refractivity contribution in [2.45, 2.75) is 31.4 Å². The molecule has 2 aromatic carbocycles. The second kappa shape index (κ2) is 9.88. The number of aromatic nitrogens is 1. The van der Waals surface area contributed by atoms with E-state index in [-0.39, 0.29) is 11.5 Å². The fourth-order valence-electron chi connectivity index (χ4n) is 5.56. The zero-order chi connectivity index (χ0) is 25.4. The predicted octanol–water partition coefficient (Wildman–Crippen LogP) is 3.21. The first-order valence-corrected chi connectivity index (χ1v) is 13.0. The third-order valence-electron chi connectivity index (χ3n) is 7.82. The highest BCUT2D eigenvalue weighted by Gasteiger charge is 2.38. The molecule has 1 amide bonds. The Morgan fingerprint density at radius 1 is 1.00 bits per heavy atom. The van der Waals surface area contributed by atoms with Gasteiger partial charge in [-0.05, 0) is 48.9 Å². The van der Waals surface area contributed by atoms with Crippen molar-refractivity contribution in [3.05, 3.63) is 75.7 Å². The van der Waals surface area contributed by atoms with Crippen LogP contribution in [0.15, 0.2) is 59.5 Å². The Kier molecular flexibility index (Phi) is 6.81. The van der Waals surface area contributed by atoms with E-state index in [0.717, 1.165) is 50.1 Å². The quantitative estimate of drug-likeness (QED) is 0.586. The summed E-state index contributed by atoms with van der Waals surface area (Å²) in [5.41, 5.74) is 0.0841. The van der Waals surface area contributed by atoms with Gasteiger partial charge in [0.1, 0.15) is 0 Å². The molecule has 2 fully saturated rings. The van der Waals surface area contributed by atoms with E-state index in [2.05, 4.69) is 15.9 Å². The molecule has 0 aliphatic carbocycles. The molecule has 0 bridgehead atoms. The van der Waals surface area contributed by atoms with Crippen LogP contribution in [-0.2, 0) is 17.4 Å². The zero-order valence-electron chi connectivity index (χ0n) is 20.9. The molecule has 7 nitrogen and oxygen atoms in total. The molecule has 0 spiro atoms. The van der Waals surface area contributed by atoms with Gasteiger partial charge in [0.25, 0.3) is 11.5 Å². The van der Waals surface area contributed by atoms with Gasteiger partial charge < -0.3 is 19.5 Å². The number of rotatable bonds is 4. The standard InChI is InChI=1S/C28H33ClN4O3/c1-28(36,21-6-4-3-5-7-21)27(35)33-12-9-22(10-13-33)31-14-16-32(17-15-31)23-18-20-8-11-30(2)26(34)25(20)24(29)19-23/h3-8,11,18-19,22,36H,9-10,12-17H2,1-2H3/t28-/m1/s1. The summed E-state index contributed by atoms with van der Waals surface area (Å²) in [5.74, 6) is -0.222. The van der Waals surface area contributed by atoms with Crippen molar-refractivity contribution in [2.75, 3.05) is 44.2 Å². The van der Waals surface area contributed by atoms with Crippen molar-refractivity contribution in [3.63, 3.8) is 0 Å². The molecule has 2 aliphatic rings. The number of hydrogen-bond acceptors (Lipinski definition) is 5. The SMILES string of the molecule is Cn1ccc2cc(N3CCN(C4CCN(C(=O)[C@](C)(O)c5ccccc5)CC4)CC3)cc(Cl)c2c1=O. The number of pyridine rings is 1. The van der Waals surface area contributed by atoms with Crippen molar-refractivity contribution in [3.8, 4) is 0 Å². The lowest BCUT2D eigenvalue weighted by atomic mass is 9.92. The second-order valence-corrected chi connectivity index (χ2v) is 10.5. The number of hydrogen-bond donors (Lipinski definition) is 1. The molecule has 8 heteroatoms. The molecule has 3 aromatic rings. The molecule has 0 unspecified atom stereocenters. The molecule has 3 heterocycles. The summed E-state index contributed by atoms with van der Waals surface area (Å²) in [6.45, 7) is 6.54. The molecule has 1 aromatic heterocycles. The van der Waals surface area contributed by atoms with E-state index < -0.39 is 5.60 Å². The predicted molar refractivity (Wildman–Crippen MR) is 144 cm³/mol. The van der Waals surface area contributed by atoms with Gasteiger partial charge in [-0.1, -0.05) is 41.9 Å². The molecule has 0 radical (unpaired) electrons. The molecule has 1 atom stereocenters. The molecule has 1 N–H and O–H groups in total. The number of amides is 1. The number of halogens is 1. The average molecular weight is 509 g/mol. The lowest BCUT2D eigenvalue weighted by Gasteiger charge is -2.44. The van der Waals surface area contributed by atoms with E-state index in [1.807, 2.05) is 30.3 Å². The monoisotopic (exact) mass is 508 g/mol. The summed E-state index contributed by atoms with van der Waals surface area (Å²) < 4.78 is 1.55. The highest BCUT2D eigenvalue weighted by molar-refractivity contribution is 6.35. The molecule has 2 saturated heterocycles. The first-order chi connectivity index (χ1) is 17.3. The van der Waals surface area contributed by atoms with Crippen LogP contribution in [-0.4, -0.2) is 70.7 Å². The van der Waals surface area contributed by atoms with Gasteiger partial charge in [-0.25, -0.2) is 0 Å². The largest absolute Gasteiger partial charge is 0.376 e. The Bertz CT molecular complexity index is 1310. The minimum Gasteiger partial charge on any atom is -0.376 e. The lowest BCUT2D eigenvalue weighted by molar-refractivity contribution is -0.152. The van der Waals surface area contributed by atoms with Crippen LogP contribution in [0.5, 0.6) is 0 Å². The van der Waals surface area contributed by atoms with Crippen LogP contribution in [0.4, 0.5) is 5.69 Å². The Morgan fingerprint density at radius 3 is 2.33 bits per heavy atom. The maximum Gasteiger partial charge on any atom is 0.259 e. The average Bonchev–Trinajstić information content (AvgIpc) is 2.91. The van der Waals surface area contributed by atoms with Crippen molar-refractivity contribution in [1.29, 1.82) is 0 Å². The lowest BCUT2D eigenvalue weighted by Crippen LogP contribution is -2.55. The van der Waals surface area contributed by atoms with E-state index in [1.54, 1.807) is 41.8 Å². The van der Waals surface area contributed by atoms with Crippen molar-refractivity contribution in [2.24, 2.45) is 7.05 Å². The van der Waals surface area contributed by atoms with Gasteiger partial charge in [0.05, 0.1) is 10.4 Å². The highest BCUT2D eigenvalue weighted by Crippen LogP contribution is 2.30. The number of likely N-dealkylation sites (tertiary alicyclic amines) is 1. The fraction of sp³-hybridized carbons (Fsp3) is 0.429. The Hall–Kier alpha value is -2.87. The zero-order valence-corrected chi connectivity index (χ0v) is 21.6. The molecule has 2 aliphatic heterocycles. The summed E-state index contributed by atoms with van der Waals surface area (Å²) in [4.78, 5) is 32.2. The number of benzene rings is 2. The van der Waals surface area contributed by atoms with Crippen molar-refractivity contribution in [1.82, 2.24) is 14.4 Å². The van der Waals surface area contributed by atoms with E-state index >= 15 is 0 Å². The van der Waals surface area contributed by atoms with Gasteiger partial charge in [0.15, 0.2) is 5.60 Å². The molecular weight excluding hydrogens is 476 g/mol. The topological polar surface area (TPSA) is 69.0 Å². The molecule has 36 heavy (non-hydrogen) atoms. The molecule has 190 valence electrons. The van der Waals surface area contributed by atoms with E-state index in [1.165, 1.54) is 0 Å². The number of fused-ring (bicyclic) bond motifs is 1. The van der Waals surface area contributed by atoms with Crippen LogP contribution in [0.2, 0.25) is 5.02 Å². The number of nitrogens with zero attached hydrogens (tertiary/aromatic N) is 4. The second-order valence-electron chi connectivity index (χ2n) is 10.1. The van der Waals surface area contributed by atoms with Crippen LogP contribution in [0.1, 0.15) is 25.3 Å². The number of aliphatic hydroxyl groups is 1. The smallest absolute Gasteiger partial charge is 0.259 e. The maximum absolute atomic E-state index is 13.1. The summed E-state index contributed by atoms with van der Waals surface area (Å²) in [6, 6.07) is 15.5. The Morgan fingerprint density at radius 2 is 1.67 bits per heavy atom. The van der Waals surface area contributed by atoms with Gasteiger partial charge in [-0.3, -0.25) is 14.5 Å². The third-order valence-corrected chi connectivity index (χ3v) is 8.12. The number of aryl methyl sites for hydroxylation is 1. The minimum absolute atomic E-state index is 0.0797. The van der Waals surface area contributed by atoms with Crippen LogP contribution < -0.4 is 10.5 Å². The number of piperazine rings is 1. The summed E-state index contributed by atoms with van der Waals surface area (Å²) in [6.07, 6.45) is 3.59. The van der Waals surface area contributed by atoms with Gasteiger partial charge >= 0.3 is 0 Å². The number of anilines is 1. The first kappa shape index (κ1) is 24.8. The molecule has 0 saturated carbocycles. The van der Waals surface area contributed by atoms with Gasteiger partial charge in [0, 0.05) is 64.2 Å². The summed E-state index contributed by atoms with van der Waals surface area (Å²) in [7, 11) is 1.73. The number of carbonyl (C=O) groups excluding carboxylic acids is 1. The minimum atomic E-state index is -1.51. The third kappa shape index (κ3) is 4.63. The van der Waals surface area contributed by atoms with Gasteiger partial charge in [-0.2, -0.15) is 0 Å². The van der Waals surface area contributed by atoms with Gasteiger partial charge in [0.2, 0.25) is 0 Å². The van der Waals surface area contributed by atoms with E-state index in [4.69, 9.17) is 11.6 Å². The van der Waals surface area contributed by atoms with Crippen molar-refractivity contribution >= 4 is 34.0 Å². The Balaban J connectivity index is 1.18. The van der Waals surface area contributed by atoms with E-state index in [0.29, 0.717) is 35.1 Å². The van der Waals surface area contributed by atoms with Crippen LogP contribution >= 0.6 is 11.6 Å². The van der Waals surface area contributed by atoms with Gasteiger partial charge in [-0.15, -0.1) is 0 Å². The summed E-state index contributed by atoms with van der Waals surface area (Å²) in [5, 5.41) is 12.9. The highest BCUT2D eigenvalue weighted by atomic mass is 35.5. The van der Waals surface area contributed by atoms with E-state index in [9.17, 15) is 14.7 Å². The van der Waals surface area contributed by atoms with Crippen LogP contribution in [0.25, 0.3) is 10.8 Å². The van der Waals surface area contributed by atoms with Crippen LogP contribution in [0.3, 0.4) is 0 Å². The number of carbonyl (C=O) groups is 1. The maximum atomic E-state index is 13.1. The molecule has 5 rings (SSSR count). The molecular formula is C28H33ClN4O3. The first-order valence-electron chi connectivity index (χ1n) is 12.6.